The Kier molecular flexibility index (Phi) is 8.58. The lowest BCUT2D eigenvalue weighted by Gasteiger charge is -2.32. The highest BCUT2D eigenvalue weighted by molar-refractivity contribution is 6.42. The SMILES string of the molecule is Cl.NCCNC(=O)C1CCCN(Cc2ccc(F)c(Cl)c2Cl)C1. The highest BCUT2D eigenvalue weighted by Crippen LogP contribution is 2.30. The van der Waals surface area contributed by atoms with Gasteiger partial charge in [-0.05, 0) is 31.0 Å². The van der Waals surface area contributed by atoms with Gasteiger partial charge in [0.15, 0.2) is 0 Å². The zero-order valence-corrected chi connectivity index (χ0v) is 15.0. The first-order chi connectivity index (χ1) is 10.5. The first-order valence-electron chi connectivity index (χ1n) is 7.35. The van der Waals surface area contributed by atoms with Crippen LogP contribution in [0.15, 0.2) is 12.1 Å². The van der Waals surface area contributed by atoms with Crippen LogP contribution in [0.4, 0.5) is 4.39 Å². The minimum absolute atomic E-state index is 0. The molecule has 23 heavy (non-hydrogen) atoms. The molecule has 1 aromatic carbocycles. The van der Waals surface area contributed by atoms with E-state index in [2.05, 4.69) is 10.2 Å². The van der Waals surface area contributed by atoms with Gasteiger partial charge in [0.25, 0.3) is 0 Å². The summed E-state index contributed by atoms with van der Waals surface area (Å²) in [5.74, 6) is -0.526. The first kappa shape index (κ1) is 20.5. The van der Waals surface area contributed by atoms with Gasteiger partial charge < -0.3 is 11.1 Å². The number of hydrogen-bond donors (Lipinski definition) is 2. The van der Waals surface area contributed by atoms with Crippen molar-refractivity contribution in [1.29, 1.82) is 0 Å². The number of benzene rings is 1. The molecule has 1 amide bonds. The van der Waals surface area contributed by atoms with Crippen molar-refractivity contribution in [2.45, 2.75) is 19.4 Å². The number of nitrogens with one attached hydrogen (secondary N) is 1. The smallest absolute Gasteiger partial charge is 0.224 e. The van der Waals surface area contributed by atoms with E-state index in [1.165, 1.54) is 6.07 Å². The van der Waals surface area contributed by atoms with Crippen molar-refractivity contribution in [2.24, 2.45) is 11.7 Å². The second-order valence-corrected chi connectivity index (χ2v) is 6.24. The first-order valence-corrected chi connectivity index (χ1v) is 8.11. The van der Waals surface area contributed by atoms with E-state index in [1.54, 1.807) is 6.07 Å². The molecule has 0 bridgehead atoms. The fraction of sp³-hybridized carbons (Fsp3) is 0.533. The third-order valence-electron chi connectivity index (χ3n) is 3.83. The number of rotatable bonds is 5. The molecule has 0 spiro atoms. The number of carbonyl (C=O) groups is 1. The van der Waals surface area contributed by atoms with E-state index in [9.17, 15) is 9.18 Å². The molecule has 1 saturated heterocycles. The Labute approximate surface area is 151 Å². The van der Waals surface area contributed by atoms with E-state index in [1.807, 2.05) is 0 Å². The Morgan fingerprint density at radius 3 is 2.83 bits per heavy atom. The van der Waals surface area contributed by atoms with Gasteiger partial charge in [0, 0.05) is 26.2 Å². The van der Waals surface area contributed by atoms with Crippen molar-refractivity contribution in [3.8, 4) is 0 Å². The van der Waals surface area contributed by atoms with Crippen LogP contribution in [-0.2, 0) is 11.3 Å². The largest absolute Gasteiger partial charge is 0.355 e. The Bertz CT molecular complexity index is 545. The maximum absolute atomic E-state index is 13.3. The molecule has 0 aromatic heterocycles. The molecule has 1 aliphatic heterocycles. The van der Waals surface area contributed by atoms with Gasteiger partial charge in [-0.1, -0.05) is 29.3 Å². The molecule has 2 rings (SSSR count). The molecule has 1 aromatic rings. The van der Waals surface area contributed by atoms with Gasteiger partial charge in [0.2, 0.25) is 5.91 Å². The van der Waals surface area contributed by atoms with E-state index < -0.39 is 5.82 Å². The van der Waals surface area contributed by atoms with Crippen molar-refractivity contribution in [2.75, 3.05) is 26.2 Å². The zero-order valence-electron chi connectivity index (χ0n) is 12.7. The second kappa shape index (κ2) is 9.64. The van der Waals surface area contributed by atoms with Gasteiger partial charge in [0.1, 0.15) is 5.82 Å². The number of amides is 1. The molecule has 4 nitrogen and oxygen atoms in total. The Morgan fingerprint density at radius 1 is 1.39 bits per heavy atom. The van der Waals surface area contributed by atoms with E-state index in [0.717, 1.165) is 24.9 Å². The number of halogens is 4. The number of nitrogens with two attached hydrogens (primary N) is 1. The van der Waals surface area contributed by atoms with Gasteiger partial charge >= 0.3 is 0 Å². The van der Waals surface area contributed by atoms with Crippen LogP contribution in [-0.4, -0.2) is 37.0 Å². The minimum atomic E-state index is -0.520. The Balaban J connectivity index is 0.00000264. The molecule has 0 radical (unpaired) electrons. The van der Waals surface area contributed by atoms with Crippen LogP contribution < -0.4 is 11.1 Å². The number of hydrogen-bond acceptors (Lipinski definition) is 3. The van der Waals surface area contributed by atoms with E-state index >= 15 is 0 Å². The van der Waals surface area contributed by atoms with Crippen molar-refractivity contribution >= 4 is 41.5 Å². The van der Waals surface area contributed by atoms with Crippen molar-refractivity contribution in [3.63, 3.8) is 0 Å². The molecule has 8 heteroatoms. The number of likely N-dealkylation sites (tertiary alicyclic amines) is 1. The quantitative estimate of drug-likeness (QED) is 0.768. The number of piperidine rings is 1. The maximum atomic E-state index is 13.3. The van der Waals surface area contributed by atoms with E-state index in [4.69, 9.17) is 28.9 Å². The van der Waals surface area contributed by atoms with Gasteiger partial charge in [-0.2, -0.15) is 0 Å². The molecule has 3 N–H and O–H groups in total. The third kappa shape index (κ3) is 5.47. The van der Waals surface area contributed by atoms with Crippen LogP contribution in [0.2, 0.25) is 10.0 Å². The summed E-state index contributed by atoms with van der Waals surface area (Å²) in [4.78, 5) is 14.2. The molecule has 1 atom stereocenters. The maximum Gasteiger partial charge on any atom is 0.224 e. The molecule has 0 aliphatic carbocycles. The molecule has 130 valence electrons. The topological polar surface area (TPSA) is 58.4 Å². The summed E-state index contributed by atoms with van der Waals surface area (Å²) < 4.78 is 13.3. The van der Waals surface area contributed by atoms with E-state index in [-0.39, 0.29) is 34.3 Å². The summed E-state index contributed by atoms with van der Waals surface area (Å²) in [6.07, 6.45) is 1.80. The van der Waals surface area contributed by atoms with E-state index in [0.29, 0.717) is 26.2 Å². The van der Waals surface area contributed by atoms with Crippen LogP contribution in [0.3, 0.4) is 0 Å². The summed E-state index contributed by atoms with van der Waals surface area (Å²) >= 11 is 11.9. The van der Waals surface area contributed by atoms with Crippen LogP contribution >= 0.6 is 35.6 Å². The average molecular weight is 385 g/mol. The normalized spacial score (nSPS) is 18.3. The lowest BCUT2D eigenvalue weighted by molar-refractivity contribution is -0.126. The lowest BCUT2D eigenvalue weighted by Crippen LogP contribution is -2.43. The molecular formula is C15H21Cl3FN3O. The minimum Gasteiger partial charge on any atom is -0.355 e. The molecular weight excluding hydrogens is 364 g/mol. The summed E-state index contributed by atoms with van der Waals surface area (Å²) in [5.41, 5.74) is 6.17. The molecule has 1 aliphatic rings. The highest BCUT2D eigenvalue weighted by atomic mass is 35.5. The van der Waals surface area contributed by atoms with Gasteiger partial charge in [-0.25, -0.2) is 4.39 Å². The fourth-order valence-corrected chi connectivity index (χ4v) is 3.08. The fourth-order valence-electron chi connectivity index (χ4n) is 2.68. The number of carbonyl (C=O) groups excluding carboxylic acids is 1. The van der Waals surface area contributed by atoms with Crippen LogP contribution in [0.1, 0.15) is 18.4 Å². The molecule has 1 fully saturated rings. The summed E-state index contributed by atoms with van der Waals surface area (Å²) in [5, 5.41) is 3.03. The van der Waals surface area contributed by atoms with Gasteiger partial charge in [0.05, 0.1) is 16.0 Å². The van der Waals surface area contributed by atoms with Crippen molar-refractivity contribution in [1.82, 2.24) is 10.2 Å². The van der Waals surface area contributed by atoms with Crippen LogP contribution in [0.25, 0.3) is 0 Å². The summed E-state index contributed by atoms with van der Waals surface area (Å²) in [7, 11) is 0. The predicted molar refractivity (Wildman–Crippen MR) is 93.7 cm³/mol. The Morgan fingerprint density at radius 2 is 2.13 bits per heavy atom. The summed E-state index contributed by atoms with van der Waals surface area (Å²) in [6, 6.07) is 2.96. The van der Waals surface area contributed by atoms with Gasteiger partial charge in [-0.3, -0.25) is 9.69 Å². The van der Waals surface area contributed by atoms with Crippen molar-refractivity contribution < 1.29 is 9.18 Å². The number of nitrogens with zero attached hydrogens (tertiary/aromatic N) is 1. The molecule has 0 saturated carbocycles. The third-order valence-corrected chi connectivity index (χ3v) is 4.73. The van der Waals surface area contributed by atoms with Crippen LogP contribution in [0.5, 0.6) is 0 Å². The second-order valence-electron chi connectivity index (χ2n) is 5.49. The molecule has 1 unspecified atom stereocenters. The monoisotopic (exact) mass is 383 g/mol. The zero-order chi connectivity index (χ0) is 16.1. The molecule has 1 heterocycles. The summed E-state index contributed by atoms with van der Waals surface area (Å²) in [6.45, 7) is 3.02. The average Bonchev–Trinajstić information content (AvgIpc) is 2.53. The Hall–Kier alpha value is -0.590. The van der Waals surface area contributed by atoms with Gasteiger partial charge in [-0.15, -0.1) is 12.4 Å². The van der Waals surface area contributed by atoms with Crippen molar-refractivity contribution in [3.05, 3.63) is 33.6 Å². The predicted octanol–water partition coefficient (Wildman–Crippen LogP) is 2.84. The highest BCUT2D eigenvalue weighted by Gasteiger charge is 2.26. The van der Waals surface area contributed by atoms with Crippen LogP contribution in [0, 0.1) is 11.7 Å². The lowest BCUT2D eigenvalue weighted by atomic mass is 9.96. The standard InChI is InChI=1S/C15H20Cl2FN3O.ClH/c16-13-10(3-4-12(18)14(13)17)8-21-7-1-2-11(9-21)15(22)20-6-5-19;/h3-4,11H,1-2,5-9,19H2,(H,20,22);1H.